The molecular formula is C19H22FN5. The Bertz CT molecular complexity index is 937. The lowest BCUT2D eigenvalue weighted by Crippen LogP contribution is -2.20. The van der Waals surface area contributed by atoms with E-state index in [2.05, 4.69) is 47.6 Å². The maximum atomic E-state index is 14.2. The topological polar surface area (TPSA) is 55.1 Å². The van der Waals surface area contributed by atoms with Gasteiger partial charge in [0.2, 0.25) is 5.95 Å². The predicted octanol–water partition coefficient (Wildman–Crippen LogP) is 4.09. The van der Waals surface area contributed by atoms with E-state index in [1.54, 1.807) is 29.2 Å². The van der Waals surface area contributed by atoms with Crippen LogP contribution in [0.2, 0.25) is 0 Å². The molecule has 0 saturated carbocycles. The first-order valence-electron chi connectivity index (χ1n) is 8.14. The van der Waals surface area contributed by atoms with Crippen molar-refractivity contribution in [1.29, 1.82) is 0 Å². The molecule has 0 saturated heterocycles. The number of aromatic nitrogens is 4. The number of nitrogens with zero attached hydrogens (tertiary/aromatic N) is 4. The van der Waals surface area contributed by atoms with Gasteiger partial charge in [-0.2, -0.15) is 0 Å². The van der Waals surface area contributed by atoms with Crippen molar-refractivity contribution in [3.63, 3.8) is 0 Å². The molecule has 0 fully saturated rings. The number of anilines is 1. The van der Waals surface area contributed by atoms with Crippen molar-refractivity contribution in [2.75, 3.05) is 11.9 Å². The van der Waals surface area contributed by atoms with Gasteiger partial charge >= 0.3 is 0 Å². The van der Waals surface area contributed by atoms with Crippen molar-refractivity contribution in [3.05, 3.63) is 60.1 Å². The molecule has 0 bridgehead atoms. The van der Waals surface area contributed by atoms with Crippen LogP contribution in [0.1, 0.15) is 37.6 Å². The number of halogens is 1. The monoisotopic (exact) mass is 339 g/mol. The summed E-state index contributed by atoms with van der Waals surface area (Å²) in [6.07, 6.45) is 6.80. The minimum atomic E-state index is -0.384. The van der Waals surface area contributed by atoms with Crippen LogP contribution in [0.5, 0.6) is 0 Å². The molecule has 6 heteroatoms. The number of pyridine rings is 1. The molecule has 0 spiro atoms. The predicted molar refractivity (Wildman–Crippen MR) is 98.0 cm³/mol. The molecule has 25 heavy (non-hydrogen) atoms. The van der Waals surface area contributed by atoms with Crippen LogP contribution in [0.4, 0.5) is 10.3 Å². The molecule has 0 radical (unpaired) electrons. The maximum Gasteiger partial charge on any atom is 0.222 e. The van der Waals surface area contributed by atoms with Crippen LogP contribution < -0.4 is 5.32 Å². The molecule has 0 aliphatic rings. The summed E-state index contributed by atoms with van der Waals surface area (Å²) in [5.41, 5.74) is 3.37. The molecule has 3 aromatic rings. The van der Waals surface area contributed by atoms with Gasteiger partial charge in [0.15, 0.2) is 11.5 Å². The Kier molecular flexibility index (Phi) is 4.29. The van der Waals surface area contributed by atoms with Gasteiger partial charge in [-0.15, -0.1) is 0 Å². The summed E-state index contributed by atoms with van der Waals surface area (Å²) >= 11 is 0. The Labute approximate surface area is 146 Å². The van der Waals surface area contributed by atoms with E-state index in [-0.39, 0.29) is 11.2 Å². The number of hydrogen-bond acceptors (Lipinski definition) is 4. The molecule has 130 valence electrons. The molecule has 0 unspecified atom stereocenters. The first kappa shape index (κ1) is 17.1. The number of aryl methyl sites for hydroxylation is 1. The van der Waals surface area contributed by atoms with Crippen LogP contribution in [0.15, 0.2) is 37.4 Å². The Morgan fingerprint density at radius 3 is 2.76 bits per heavy atom. The molecule has 0 atom stereocenters. The van der Waals surface area contributed by atoms with Crippen molar-refractivity contribution in [2.24, 2.45) is 5.41 Å². The highest BCUT2D eigenvalue weighted by molar-refractivity contribution is 5.79. The van der Waals surface area contributed by atoms with E-state index >= 15 is 0 Å². The Morgan fingerprint density at radius 2 is 2.08 bits per heavy atom. The molecular weight excluding hydrogens is 317 g/mol. The summed E-state index contributed by atoms with van der Waals surface area (Å²) in [4.78, 5) is 12.9. The third kappa shape index (κ3) is 3.68. The molecule has 1 N–H and O–H groups in total. The third-order valence-electron chi connectivity index (χ3n) is 3.87. The minimum Gasteiger partial charge on any atom is -0.354 e. The van der Waals surface area contributed by atoms with Gasteiger partial charge in [0.25, 0.3) is 0 Å². The molecule has 0 amide bonds. The van der Waals surface area contributed by atoms with Crippen LogP contribution in [0.25, 0.3) is 11.2 Å². The zero-order valence-electron chi connectivity index (χ0n) is 15.0. The van der Waals surface area contributed by atoms with Gasteiger partial charge in [0.1, 0.15) is 0 Å². The van der Waals surface area contributed by atoms with Gasteiger partial charge in [-0.3, -0.25) is 0 Å². The second-order valence-electron chi connectivity index (χ2n) is 7.32. The van der Waals surface area contributed by atoms with Crippen LogP contribution in [-0.2, 0) is 0 Å². The largest absolute Gasteiger partial charge is 0.354 e. The second-order valence-corrected chi connectivity index (χ2v) is 7.32. The summed E-state index contributed by atoms with van der Waals surface area (Å²) in [5, 5.41) is 3.24. The van der Waals surface area contributed by atoms with Gasteiger partial charge in [-0.05, 0) is 24.0 Å². The average Bonchev–Trinajstić information content (AvgIpc) is 3.01. The van der Waals surface area contributed by atoms with Crippen molar-refractivity contribution in [2.45, 2.75) is 27.7 Å². The highest BCUT2D eigenvalue weighted by atomic mass is 19.1. The van der Waals surface area contributed by atoms with Gasteiger partial charge in [-0.25, -0.2) is 19.3 Å². The van der Waals surface area contributed by atoms with Crippen LogP contribution in [0.3, 0.4) is 0 Å². The fourth-order valence-corrected chi connectivity index (χ4v) is 2.50. The molecule has 0 aromatic carbocycles. The normalized spacial score (nSPS) is 11.7. The zero-order valence-corrected chi connectivity index (χ0v) is 15.0. The molecule has 5 nitrogen and oxygen atoms in total. The molecule has 0 aliphatic carbocycles. The maximum absolute atomic E-state index is 14.2. The summed E-state index contributed by atoms with van der Waals surface area (Å²) in [6, 6.07) is 1.44. The van der Waals surface area contributed by atoms with Crippen molar-refractivity contribution < 1.29 is 4.39 Å². The minimum absolute atomic E-state index is 0.136. The van der Waals surface area contributed by atoms with E-state index in [1.165, 1.54) is 6.07 Å². The SMILES string of the molecule is C=C(c1cc(F)c2nccn2c1)c1cnc(NCC(C)(C)C)nc1C. The third-order valence-corrected chi connectivity index (χ3v) is 3.87. The summed E-state index contributed by atoms with van der Waals surface area (Å²) < 4.78 is 15.8. The average molecular weight is 339 g/mol. The lowest BCUT2D eigenvalue weighted by molar-refractivity contribution is 0.441. The fraction of sp³-hybridized carbons (Fsp3) is 0.316. The van der Waals surface area contributed by atoms with Crippen molar-refractivity contribution >= 4 is 17.2 Å². The zero-order chi connectivity index (χ0) is 18.2. The second kappa shape index (κ2) is 6.27. The number of rotatable bonds is 4. The Morgan fingerprint density at radius 1 is 1.32 bits per heavy atom. The van der Waals surface area contributed by atoms with Gasteiger partial charge in [0, 0.05) is 42.5 Å². The molecule has 3 rings (SSSR count). The van der Waals surface area contributed by atoms with E-state index in [4.69, 9.17) is 0 Å². The van der Waals surface area contributed by atoms with Crippen LogP contribution >= 0.6 is 0 Å². The summed E-state index contributed by atoms with van der Waals surface area (Å²) in [6.45, 7) is 13.2. The van der Waals surface area contributed by atoms with E-state index < -0.39 is 0 Å². The van der Waals surface area contributed by atoms with Gasteiger partial charge < -0.3 is 9.72 Å². The quantitative estimate of drug-likeness (QED) is 0.778. The van der Waals surface area contributed by atoms with E-state index in [9.17, 15) is 4.39 Å². The molecule has 3 aromatic heterocycles. The lowest BCUT2D eigenvalue weighted by atomic mass is 9.97. The fourth-order valence-electron chi connectivity index (χ4n) is 2.50. The first-order valence-corrected chi connectivity index (χ1v) is 8.14. The Balaban J connectivity index is 1.88. The number of fused-ring (bicyclic) bond motifs is 1. The smallest absolute Gasteiger partial charge is 0.222 e. The van der Waals surface area contributed by atoms with Gasteiger partial charge in [0.05, 0.1) is 5.69 Å². The highest BCUT2D eigenvalue weighted by Crippen LogP contribution is 2.25. The number of imidazole rings is 1. The lowest BCUT2D eigenvalue weighted by Gasteiger charge is -2.19. The van der Waals surface area contributed by atoms with Crippen LogP contribution in [-0.4, -0.2) is 25.9 Å². The summed E-state index contributed by atoms with van der Waals surface area (Å²) in [7, 11) is 0. The molecule has 3 heterocycles. The van der Waals surface area contributed by atoms with E-state index in [1.807, 2.05) is 6.92 Å². The Hall–Kier alpha value is -2.76. The van der Waals surface area contributed by atoms with E-state index in [0.717, 1.165) is 17.8 Å². The number of hydrogen-bond donors (Lipinski definition) is 1. The first-order chi connectivity index (χ1) is 11.7. The van der Waals surface area contributed by atoms with Gasteiger partial charge in [-0.1, -0.05) is 27.4 Å². The molecule has 0 aliphatic heterocycles. The van der Waals surface area contributed by atoms with Crippen LogP contribution in [0, 0.1) is 18.2 Å². The van der Waals surface area contributed by atoms with E-state index in [0.29, 0.717) is 22.7 Å². The highest BCUT2D eigenvalue weighted by Gasteiger charge is 2.14. The summed E-state index contributed by atoms with van der Waals surface area (Å²) in [5.74, 6) is 0.200. The number of nitrogens with one attached hydrogen (secondary N) is 1. The van der Waals surface area contributed by atoms with Crippen molar-refractivity contribution in [1.82, 2.24) is 19.4 Å². The van der Waals surface area contributed by atoms with Crippen molar-refractivity contribution in [3.8, 4) is 0 Å². The standard InChI is InChI=1S/C19H22FN5/c1-12(14-8-16(20)17-21-6-7-25(17)10-14)15-9-22-18(24-13(15)2)23-11-19(3,4)5/h6-10H,1,11H2,2-5H3,(H,22,23,24).